The van der Waals surface area contributed by atoms with E-state index in [0.717, 1.165) is 10.9 Å². The molecular weight excluding hydrogens is 240 g/mol. The maximum absolute atomic E-state index is 12.2. The lowest BCUT2D eigenvalue weighted by Gasteiger charge is -2.21. The van der Waals surface area contributed by atoms with Crippen LogP contribution in [0, 0.1) is 5.41 Å². The molecule has 0 saturated carbocycles. The van der Waals surface area contributed by atoms with E-state index >= 15 is 0 Å². The van der Waals surface area contributed by atoms with Crippen LogP contribution in [-0.4, -0.2) is 28.7 Å². The van der Waals surface area contributed by atoms with Gasteiger partial charge in [0.2, 0.25) is 0 Å². The average Bonchev–Trinajstić information content (AvgIpc) is 2.74. The van der Waals surface area contributed by atoms with Crippen LogP contribution in [-0.2, 0) is 7.05 Å². The normalized spacial score (nSPS) is 11.8. The maximum atomic E-state index is 12.2. The van der Waals surface area contributed by atoms with Gasteiger partial charge in [-0.2, -0.15) is 0 Å². The fourth-order valence-electron chi connectivity index (χ4n) is 1.97. The number of carbonyl (C=O) groups excluding carboxylic acids is 1. The quantitative estimate of drug-likeness (QED) is 0.882. The van der Waals surface area contributed by atoms with Crippen LogP contribution in [0.1, 0.15) is 24.3 Å². The van der Waals surface area contributed by atoms with Crippen molar-refractivity contribution in [3.63, 3.8) is 0 Å². The number of nitrogens with zero attached hydrogens (tertiary/aromatic N) is 1. The number of rotatable bonds is 4. The Balaban J connectivity index is 2.20. The monoisotopic (exact) mass is 260 g/mol. The Morgan fingerprint density at radius 2 is 2.05 bits per heavy atom. The molecule has 19 heavy (non-hydrogen) atoms. The van der Waals surface area contributed by atoms with Gasteiger partial charge in [-0.3, -0.25) is 4.79 Å². The molecule has 102 valence electrons. The second kappa shape index (κ2) is 5.05. The lowest BCUT2D eigenvalue weighted by Crippen LogP contribution is -2.36. The van der Waals surface area contributed by atoms with E-state index in [4.69, 9.17) is 0 Å². The molecule has 1 amide bonds. The van der Waals surface area contributed by atoms with E-state index in [1.165, 1.54) is 0 Å². The number of aliphatic hydroxyl groups excluding tert-OH is 1. The van der Waals surface area contributed by atoms with Gasteiger partial charge in [-0.25, -0.2) is 0 Å². The van der Waals surface area contributed by atoms with E-state index in [2.05, 4.69) is 5.32 Å². The van der Waals surface area contributed by atoms with Gasteiger partial charge in [0, 0.05) is 36.5 Å². The number of amides is 1. The minimum absolute atomic E-state index is 0.0440. The number of para-hydroxylation sites is 1. The van der Waals surface area contributed by atoms with Crippen LogP contribution in [0.25, 0.3) is 10.9 Å². The lowest BCUT2D eigenvalue weighted by molar-refractivity contribution is 0.0903. The standard InChI is InChI=1S/C15H20N2O2/c1-15(2,10-18)9-16-14(19)13-8-11-6-4-5-7-12(11)17(13)3/h4-8,18H,9-10H2,1-3H3,(H,16,19). The van der Waals surface area contributed by atoms with Crippen molar-refractivity contribution in [1.29, 1.82) is 0 Å². The highest BCUT2D eigenvalue weighted by Crippen LogP contribution is 2.18. The highest BCUT2D eigenvalue weighted by atomic mass is 16.3. The second-order valence-electron chi connectivity index (χ2n) is 5.65. The molecule has 0 aliphatic heterocycles. The van der Waals surface area contributed by atoms with E-state index in [0.29, 0.717) is 12.2 Å². The molecular formula is C15H20N2O2. The molecule has 2 rings (SSSR count). The molecule has 4 heteroatoms. The molecule has 0 unspecified atom stereocenters. The Kier molecular flexibility index (Phi) is 3.62. The lowest BCUT2D eigenvalue weighted by atomic mass is 9.95. The summed E-state index contributed by atoms with van der Waals surface area (Å²) >= 11 is 0. The Morgan fingerprint density at radius 1 is 1.37 bits per heavy atom. The van der Waals surface area contributed by atoms with Crippen LogP contribution in [0.3, 0.4) is 0 Å². The summed E-state index contributed by atoms with van der Waals surface area (Å²) in [4.78, 5) is 12.2. The summed E-state index contributed by atoms with van der Waals surface area (Å²) in [6.45, 7) is 4.32. The summed E-state index contributed by atoms with van der Waals surface area (Å²) in [7, 11) is 1.88. The first kappa shape index (κ1) is 13.6. The van der Waals surface area contributed by atoms with Gasteiger partial charge in [0.15, 0.2) is 0 Å². The van der Waals surface area contributed by atoms with Crippen molar-refractivity contribution < 1.29 is 9.90 Å². The number of fused-ring (bicyclic) bond motifs is 1. The van der Waals surface area contributed by atoms with Crippen molar-refractivity contribution in [3.05, 3.63) is 36.0 Å². The summed E-state index contributed by atoms with van der Waals surface area (Å²) in [6, 6.07) is 9.78. The SMILES string of the molecule is Cn1c(C(=O)NCC(C)(C)CO)cc2ccccc21. The number of aryl methyl sites for hydroxylation is 1. The molecule has 1 aromatic heterocycles. The largest absolute Gasteiger partial charge is 0.396 e. The van der Waals surface area contributed by atoms with Crippen LogP contribution in [0.5, 0.6) is 0 Å². The van der Waals surface area contributed by atoms with E-state index in [-0.39, 0.29) is 17.9 Å². The molecule has 0 fully saturated rings. The summed E-state index contributed by atoms with van der Waals surface area (Å²) < 4.78 is 1.89. The Labute approximate surface area is 113 Å². The van der Waals surface area contributed by atoms with Gasteiger partial charge >= 0.3 is 0 Å². The molecule has 0 radical (unpaired) electrons. The minimum atomic E-state index is -0.305. The second-order valence-corrected chi connectivity index (χ2v) is 5.65. The fourth-order valence-corrected chi connectivity index (χ4v) is 1.97. The third-order valence-corrected chi connectivity index (χ3v) is 3.34. The smallest absolute Gasteiger partial charge is 0.267 e. The highest BCUT2D eigenvalue weighted by Gasteiger charge is 2.19. The first-order valence-electron chi connectivity index (χ1n) is 6.38. The average molecular weight is 260 g/mol. The first-order chi connectivity index (χ1) is 8.94. The molecule has 2 N–H and O–H groups in total. The number of benzene rings is 1. The number of nitrogens with one attached hydrogen (secondary N) is 1. The number of aromatic nitrogens is 1. The molecule has 0 aliphatic carbocycles. The number of hydrogen-bond acceptors (Lipinski definition) is 2. The van der Waals surface area contributed by atoms with Gasteiger partial charge < -0.3 is 15.0 Å². The number of hydrogen-bond donors (Lipinski definition) is 2. The van der Waals surface area contributed by atoms with Crippen LogP contribution < -0.4 is 5.32 Å². The zero-order valence-electron chi connectivity index (χ0n) is 11.6. The molecule has 0 aliphatic rings. The third-order valence-electron chi connectivity index (χ3n) is 3.34. The third kappa shape index (κ3) is 2.79. The fraction of sp³-hybridized carbons (Fsp3) is 0.400. The van der Waals surface area contributed by atoms with Crippen LogP contribution in [0.2, 0.25) is 0 Å². The van der Waals surface area contributed by atoms with Gasteiger partial charge in [-0.05, 0) is 12.1 Å². The van der Waals surface area contributed by atoms with Gasteiger partial charge in [0.1, 0.15) is 5.69 Å². The molecule has 2 aromatic rings. The van der Waals surface area contributed by atoms with E-state index in [9.17, 15) is 9.90 Å². The molecule has 4 nitrogen and oxygen atoms in total. The predicted octanol–water partition coefficient (Wildman–Crippen LogP) is 1.93. The van der Waals surface area contributed by atoms with Crippen molar-refractivity contribution in [1.82, 2.24) is 9.88 Å². The summed E-state index contributed by atoms with van der Waals surface area (Å²) in [5.41, 5.74) is 1.37. The summed E-state index contributed by atoms with van der Waals surface area (Å²) in [6.07, 6.45) is 0. The van der Waals surface area contributed by atoms with E-state index < -0.39 is 0 Å². The van der Waals surface area contributed by atoms with Gasteiger partial charge in [-0.15, -0.1) is 0 Å². The van der Waals surface area contributed by atoms with Crippen molar-refractivity contribution >= 4 is 16.8 Å². The van der Waals surface area contributed by atoms with E-state index in [1.807, 2.05) is 55.8 Å². The maximum Gasteiger partial charge on any atom is 0.267 e. The Bertz CT molecular complexity index is 599. The number of carbonyl (C=O) groups is 1. The molecule has 0 bridgehead atoms. The summed E-state index contributed by atoms with van der Waals surface area (Å²) in [5.74, 6) is -0.111. The Morgan fingerprint density at radius 3 is 2.68 bits per heavy atom. The molecule has 1 aromatic carbocycles. The van der Waals surface area contributed by atoms with Crippen molar-refractivity contribution in [2.24, 2.45) is 12.5 Å². The van der Waals surface area contributed by atoms with Crippen molar-refractivity contribution in [3.8, 4) is 0 Å². The van der Waals surface area contributed by atoms with Crippen LogP contribution >= 0.6 is 0 Å². The topological polar surface area (TPSA) is 54.3 Å². The minimum Gasteiger partial charge on any atom is -0.396 e. The van der Waals surface area contributed by atoms with Crippen molar-refractivity contribution in [2.75, 3.05) is 13.2 Å². The zero-order chi connectivity index (χ0) is 14.0. The first-order valence-corrected chi connectivity index (χ1v) is 6.38. The van der Waals surface area contributed by atoms with Crippen LogP contribution in [0.15, 0.2) is 30.3 Å². The van der Waals surface area contributed by atoms with Gasteiger partial charge in [0.05, 0.1) is 0 Å². The van der Waals surface area contributed by atoms with Gasteiger partial charge in [0.25, 0.3) is 5.91 Å². The van der Waals surface area contributed by atoms with E-state index in [1.54, 1.807) is 0 Å². The summed E-state index contributed by atoms with van der Waals surface area (Å²) in [5, 5.41) is 13.1. The van der Waals surface area contributed by atoms with Crippen LogP contribution in [0.4, 0.5) is 0 Å². The predicted molar refractivity (Wildman–Crippen MR) is 76.1 cm³/mol. The van der Waals surface area contributed by atoms with Crippen molar-refractivity contribution in [2.45, 2.75) is 13.8 Å². The molecule has 1 heterocycles. The molecule has 0 spiro atoms. The molecule has 0 atom stereocenters. The number of aliphatic hydroxyl groups is 1. The highest BCUT2D eigenvalue weighted by molar-refractivity contribution is 5.98. The van der Waals surface area contributed by atoms with Gasteiger partial charge in [-0.1, -0.05) is 32.0 Å². The molecule has 0 saturated heterocycles. The zero-order valence-corrected chi connectivity index (χ0v) is 11.6. The Hall–Kier alpha value is -1.81.